The minimum absolute atomic E-state index is 0.275. The van der Waals surface area contributed by atoms with E-state index in [1.165, 1.54) is 0 Å². The Bertz CT molecular complexity index is 779. The van der Waals surface area contributed by atoms with Gasteiger partial charge in [0.05, 0.1) is 10.2 Å². The number of aromatic nitrogens is 2. The van der Waals surface area contributed by atoms with Crippen LogP contribution in [0, 0.1) is 6.92 Å². The molecule has 102 valence electrons. The van der Waals surface area contributed by atoms with Gasteiger partial charge in [0.15, 0.2) is 10.0 Å². The summed E-state index contributed by atoms with van der Waals surface area (Å²) in [7, 11) is 0. The monoisotopic (exact) mass is 305 g/mol. The molecule has 3 aromatic rings. The van der Waals surface area contributed by atoms with Crippen LogP contribution in [0.5, 0.6) is 0 Å². The third kappa shape index (κ3) is 2.54. The molecule has 0 aliphatic rings. The van der Waals surface area contributed by atoms with Crippen molar-refractivity contribution >= 4 is 44.9 Å². The number of rotatable bonds is 3. The molecule has 2 aromatic heterocycles. The lowest BCUT2D eigenvalue weighted by molar-refractivity contribution is 0.101. The lowest BCUT2D eigenvalue weighted by atomic mass is 10.3. The molecule has 0 radical (unpaired) electrons. The number of thiazole rings is 1. The van der Waals surface area contributed by atoms with Crippen molar-refractivity contribution in [3.8, 4) is 0 Å². The maximum atomic E-state index is 12.0. The molecule has 0 fully saturated rings. The Balaban J connectivity index is 1.85. The van der Waals surface area contributed by atoms with Gasteiger partial charge in [-0.15, -0.1) is 11.3 Å². The van der Waals surface area contributed by atoms with Crippen LogP contribution in [0.25, 0.3) is 10.2 Å². The highest BCUT2D eigenvalue weighted by atomic mass is 32.2. The molecule has 0 unspecified atom stereocenters. The number of nitrogens with one attached hydrogen (secondary N) is 1. The number of amides is 1. The topological polar surface area (TPSA) is 68.0 Å². The van der Waals surface area contributed by atoms with Gasteiger partial charge in [0.25, 0.3) is 5.91 Å². The predicted molar refractivity (Wildman–Crippen MR) is 80.6 cm³/mol. The average molecular weight is 305 g/mol. The van der Waals surface area contributed by atoms with E-state index in [0.717, 1.165) is 20.2 Å². The summed E-state index contributed by atoms with van der Waals surface area (Å²) in [5.74, 6) is 0.327. The van der Waals surface area contributed by atoms with Crippen LogP contribution < -0.4 is 5.32 Å². The molecule has 0 spiro atoms. The maximum Gasteiger partial charge on any atom is 0.277 e. The van der Waals surface area contributed by atoms with E-state index in [1.807, 2.05) is 24.5 Å². The quantitative estimate of drug-likeness (QED) is 0.749. The standard InChI is InChI=1S/C13H11N3O2S2/c1-7-5-10(16-18-7)12(17)14-8-3-4-9-11(6-8)20-13(15-9)19-2/h3-6H,1-2H3,(H,14,17). The first kappa shape index (κ1) is 13.1. The van der Waals surface area contributed by atoms with Gasteiger partial charge in [-0.25, -0.2) is 4.98 Å². The highest BCUT2D eigenvalue weighted by molar-refractivity contribution is 8.00. The fourth-order valence-electron chi connectivity index (χ4n) is 1.74. The zero-order valence-electron chi connectivity index (χ0n) is 10.8. The molecule has 3 rings (SSSR count). The van der Waals surface area contributed by atoms with Crippen LogP contribution >= 0.6 is 23.1 Å². The van der Waals surface area contributed by atoms with Gasteiger partial charge in [-0.2, -0.15) is 0 Å². The maximum absolute atomic E-state index is 12.0. The Kier molecular flexibility index (Phi) is 3.45. The predicted octanol–water partition coefficient (Wildman–Crippen LogP) is 3.57. The molecule has 1 N–H and O–H groups in total. The number of carbonyl (C=O) groups excluding carboxylic acids is 1. The van der Waals surface area contributed by atoms with Gasteiger partial charge in [-0.3, -0.25) is 4.79 Å². The molecule has 1 amide bonds. The van der Waals surface area contributed by atoms with Crippen molar-refractivity contribution in [3.05, 3.63) is 35.7 Å². The van der Waals surface area contributed by atoms with Crippen molar-refractivity contribution in [1.29, 1.82) is 0 Å². The second-order valence-corrected chi connectivity index (χ2v) is 6.23. The third-order valence-corrected chi connectivity index (χ3v) is 4.67. The van der Waals surface area contributed by atoms with E-state index in [2.05, 4.69) is 15.5 Å². The fourth-order valence-corrected chi connectivity index (χ4v) is 3.27. The van der Waals surface area contributed by atoms with E-state index in [-0.39, 0.29) is 11.6 Å². The van der Waals surface area contributed by atoms with Crippen molar-refractivity contribution in [2.45, 2.75) is 11.3 Å². The first-order valence-electron chi connectivity index (χ1n) is 5.85. The van der Waals surface area contributed by atoms with E-state index in [1.54, 1.807) is 36.1 Å². The number of fused-ring (bicyclic) bond motifs is 1. The van der Waals surface area contributed by atoms with Gasteiger partial charge in [0.2, 0.25) is 0 Å². The molecule has 1 aromatic carbocycles. The molecule has 7 heteroatoms. The van der Waals surface area contributed by atoms with Crippen LogP contribution in [-0.4, -0.2) is 22.3 Å². The van der Waals surface area contributed by atoms with E-state index in [0.29, 0.717) is 5.76 Å². The highest BCUT2D eigenvalue weighted by Gasteiger charge is 2.12. The number of anilines is 1. The molecule has 0 aliphatic heterocycles. The molecule has 0 bridgehead atoms. The average Bonchev–Trinajstić information content (AvgIpc) is 3.03. The number of hydrogen-bond acceptors (Lipinski definition) is 6. The zero-order chi connectivity index (χ0) is 14.1. The largest absolute Gasteiger partial charge is 0.361 e. The molecule has 0 aliphatic carbocycles. The summed E-state index contributed by atoms with van der Waals surface area (Å²) in [6.07, 6.45) is 1.99. The van der Waals surface area contributed by atoms with Gasteiger partial charge in [-0.05, 0) is 31.4 Å². The molecule has 5 nitrogen and oxygen atoms in total. The number of benzene rings is 1. The summed E-state index contributed by atoms with van der Waals surface area (Å²) in [5.41, 5.74) is 1.94. The first-order chi connectivity index (χ1) is 9.65. The fraction of sp³-hybridized carbons (Fsp3) is 0.154. The Morgan fingerprint density at radius 3 is 2.95 bits per heavy atom. The van der Waals surface area contributed by atoms with Gasteiger partial charge in [-0.1, -0.05) is 16.9 Å². The summed E-state index contributed by atoms with van der Waals surface area (Å²) in [6, 6.07) is 7.25. The van der Waals surface area contributed by atoms with E-state index >= 15 is 0 Å². The molecule has 0 saturated carbocycles. The number of nitrogens with zero attached hydrogens (tertiary/aromatic N) is 2. The highest BCUT2D eigenvalue weighted by Crippen LogP contribution is 2.30. The van der Waals surface area contributed by atoms with Gasteiger partial charge < -0.3 is 9.84 Å². The van der Waals surface area contributed by atoms with Crippen molar-refractivity contribution in [2.75, 3.05) is 11.6 Å². The Hall–Kier alpha value is -1.86. The van der Waals surface area contributed by atoms with Crippen LogP contribution in [0.1, 0.15) is 16.2 Å². The van der Waals surface area contributed by atoms with Crippen LogP contribution in [0.2, 0.25) is 0 Å². The lowest BCUT2D eigenvalue weighted by Gasteiger charge is -2.01. The van der Waals surface area contributed by atoms with Gasteiger partial charge in [0.1, 0.15) is 5.76 Å². The normalized spacial score (nSPS) is 10.9. The van der Waals surface area contributed by atoms with Crippen LogP contribution in [0.4, 0.5) is 5.69 Å². The van der Waals surface area contributed by atoms with Gasteiger partial charge >= 0.3 is 0 Å². The number of thioether (sulfide) groups is 1. The Morgan fingerprint density at radius 1 is 1.40 bits per heavy atom. The summed E-state index contributed by atoms with van der Waals surface area (Å²) in [6.45, 7) is 1.75. The third-order valence-electron chi connectivity index (χ3n) is 2.66. The molecular formula is C13H11N3O2S2. The van der Waals surface area contributed by atoms with E-state index in [9.17, 15) is 4.79 Å². The minimum atomic E-state index is -0.282. The Morgan fingerprint density at radius 2 is 2.25 bits per heavy atom. The SMILES string of the molecule is CSc1nc2ccc(NC(=O)c3cc(C)on3)cc2s1. The molecule has 0 saturated heterocycles. The summed E-state index contributed by atoms with van der Waals surface area (Å²) in [5, 5.41) is 6.49. The zero-order valence-corrected chi connectivity index (χ0v) is 12.5. The minimum Gasteiger partial charge on any atom is -0.361 e. The smallest absolute Gasteiger partial charge is 0.277 e. The lowest BCUT2D eigenvalue weighted by Crippen LogP contribution is -2.11. The molecule has 20 heavy (non-hydrogen) atoms. The van der Waals surface area contributed by atoms with E-state index < -0.39 is 0 Å². The van der Waals surface area contributed by atoms with Crippen molar-refractivity contribution in [3.63, 3.8) is 0 Å². The van der Waals surface area contributed by atoms with E-state index in [4.69, 9.17) is 4.52 Å². The second kappa shape index (κ2) is 5.26. The number of aryl methyl sites for hydroxylation is 1. The molecule has 0 atom stereocenters. The van der Waals surface area contributed by atoms with Crippen molar-refractivity contribution in [2.24, 2.45) is 0 Å². The number of carbonyl (C=O) groups is 1. The summed E-state index contributed by atoms with van der Waals surface area (Å²) in [4.78, 5) is 16.4. The van der Waals surface area contributed by atoms with Crippen LogP contribution in [0.15, 0.2) is 33.1 Å². The second-order valence-electron chi connectivity index (χ2n) is 4.14. The van der Waals surface area contributed by atoms with Crippen LogP contribution in [-0.2, 0) is 0 Å². The van der Waals surface area contributed by atoms with Gasteiger partial charge in [0, 0.05) is 11.8 Å². The van der Waals surface area contributed by atoms with Crippen molar-refractivity contribution in [1.82, 2.24) is 10.1 Å². The summed E-state index contributed by atoms with van der Waals surface area (Å²) < 4.78 is 6.94. The Labute approximate surface area is 123 Å². The van der Waals surface area contributed by atoms with Crippen molar-refractivity contribution < 1.29 is 9.32 Å². The first-order valence-corrected chi connectivity index (χ1v) is 7.89. The molecular weight excluding hydrogens is 294 g/mol. The summed E-state index contributed by atoms with van der Waals surface area (Å²) >= 11 is 3.22. The number of hydrogen-bond donors (Lipinski definition) is 1. The molecule has 2 heterocycles. The van der Waals surface area contributed by atoms with Crippen LogP contribution in [0.3, 0.4) is 0 Å².